The molecule has 31 heavy (non-hydrogen) atoms. The van der Waals surface area contributed by atoms with Gasteiger partial charge in [0.2, 0.25) is 0 Å². The van der Waals surface area contributed by atoms with E-state index in [4.69, 9.17) is 5.73 Å². The van der Waals surface area contributed by atoms with E-state index in [0.29, 0.717) is 16.9 Å². The third-order valence-corrected chi connectivity index (χ3v) is 10.9. The molecule has 0 unspecified atom stereocenters. The summed E-state index contributed by atoms with van der Waals surface area (Å²) in [5.41, 5.74) is 8.64. The lowest BCUT2D eigenvalue weighted by atomic mass is 9.47. The van der Waals surface area contributed by atoms with E-state index in [9.17, 15) is 0 Å². The van der Waals surface area contributed by atoms with Crippen LogP contribution in [0.5, 0.6) is 0 Å². The third kappa shape index (κ3) is 4.42. The lowest BCUT2D eigenvalue weighted by Gasteiger charge is -2.58. The molecule has 4 rings (SSSR count). The van der Waals surface area contributed by atoms with Crippen LogP contribution in [-0.2, 0) is 0 Å². The van der Waals surface area contributed by atoms with Crippen molar-refractivity contribution < 1.29 is 0 Å². The molecule has 0 heterocycles. The Kier molecular flexibility index (Phi) is 7.29. The van der Waals surface area contributed by atoms with Crippen LogP contribution in [0.4, 0.5) is 0 Å². The van der Waals surface area contributed by atoms with Gasteiger partial charge < -0.3 is 11.1 Å². The molecule has 4 aliphatic carbocycles. The summed E-state index contributed by atoms with van der Waals surface area (Å²) in [4.78, 5) is 0. The first-order valence-corrected chi connectivity index (χ1v) is 13.9. The minimum absolute atomic E-state index is 0.478. The number of hydrogen-bond donors (Lipinski definition) is 2. The van der Waals surface area contributed by atoms with Crippen LogP contribution in [0.3, 0.4) is 0 Å². The van der Waals surface area contributed by atoms with Crippen LogP contribution < -0.4 is 11.1 Å². The Balaban J connectivity index is 1.45. The minimum atomic E-state index is 0.478. The number of fused-ring (bicyclic) bond motifs is 5. The monoisotopic (exact) mass is 428 g/mol. The van der Waals surface area contributed by atoms with E-state index in [0.717, 1.165) is 48.6 Å². The molecule has 0 saturated heterocycles. The highest BCUT2D eigenvalue weighted by molar-refractivity contribution is 5.26. The summed E-state index contributed by atoms with van der Waals surface area (Å²) < 4.78 is 0. The zero-order valence-electron chi connectivity index (χ0n) is 21.4. The van der Waals surface area contributed by atoms with E-state index < -0.39 is 0 Å². The lowest BCUT2D eigenvalue weighted by Crippen LogP contribution is -2.52. The van der Waals surface area contributed by atoms with Gasteiger partial charge in [0.15, 0.2) is 0 Å². The Labute approximate surface area is 193 Å². The van der Waals surface area contributed by atoms with Gasteiger partial charge in [-0.2, -0.15) is 0 Å². The van der Waals surface area contributed by atoms with Crippen molar-refractivity contribution in [1.29, 1.82) is 0 Å². The highest BCUT2D eigenvalue weighted by Crippen LogP contribution is 2.67. The van der Waals surface area contributed by atoms with E-state index in [2.05, 4.69) is 46.0 Å². The van der Waals surface area contributed by atoms with Gasteiger partial charge in [-0.05, 0) is 97.7 Å². The summed E-state index contributed by atoms with van der Waals surface area (Å²) in [6.45, 7) is 14.5. The van der Waals surface area contributed by atoms with Gasteiger partial charge in [0, 0.05) is 19.1 Å². The van der Waals surface area contributed by atoms with Crippen LogP contribution in [0.15, 0.2) is 11.6 Å². The molecule has 0 bridgehead atoms. The number of rotatable bonds is 8. The largest absolute Gasteiger partial charge is 0.329 e. The van der Waals surface area contributed by atoms with Gasteiger partial charge in [-0.15, -0.1) is 0 Å². The van der Waals surface area contributed by atoms with Crippen LogP contribution in [-0.4, -0.2) is 19.1 Å². The molecule has 0 aliphatic heterocycles. The fraction of sp³-hybridized carbons (Fsp3) is 0.931. The van der Waals surface area contributed by atoms with E-state index in [-0.39, 0.29) is 0 Å². The quantitative estimate of drug-likeness (QED) is 0.411. The Morgan fingerprint density at radius 2 is 1.84 bits per heavy atom. The second-order valence-electron chi connectivity index (χ2n) is 13.0. The second-order valence-corrected chi connectivity index (χ2v) is 13.0. The van der Waals surface area contributed by atoms with Crippen molar-refractivity contribution in [2.75, 3.05) is 13.1 Å². The summed E-state index contributed by atoms with van der Waals surface area (Å²) in [6.07, 6.45) is 18.4. The molecular weight excluding hydrogens is 376 g/mol. The molecule has 4 aliphatic rings. The fourth-order valence-electron chi connectivity index (χ4n) is 9.15. The molecule has 0 radical (unpaired) electrons. The molecule has 178 valence electrons. The third-order valence-electron chi connectivity index (χ3n) is 10.9. The maximum absolute atomic E-state index is 5.75. The summed E-state index contributed by atoms with van der Waals surface area (Å²) in [5.74, 6) is 5.62. The molecule has 0 aromatic carbocycles. The smallest absolute Gasteiger partial charge is 0.0105 e. The Hall–Kier alpha value is -0.340. The second kappa shape index (κ2) is 9.49. The lowest BCUT2D eigenvalue weighted by molar-refractivity contribution is -0.0514. The van der Waals surface area contributed by atoms with Crippen molar-refractivity contribution in [2.45, 2.75) is 111 Å². The van der Waals surface area contributed by atoms with Crippen molar-refractivity contribution in [2.24, 2.45) is 52.1 Å². The van der Waals surface area contributed by atoms with E-state index in [1.54, 1.807) is 5.57 Å². The zero-order chi connectivity index (χ0) is 22.2. The molecule has 3 saturated carbocycles. The molecule has 0 aromatic rings. The standard InChI is InChI=1S/C29H52N2/c1-20(2)7-6-8-21(3)25-11-12-26-24-10-9-22-19-23(31-18-17-30)13-15-28(22,4)27(24)14-16-29(25,26)5/h9,20-21,23-27,31H,6-8,10-19,30H2,1-5H3/t21-,23+,24+,25-,26+,27+,28+,29-/m1/s1. The first-order valence-electron chi connectivity index (χ1n) is 13.9. The summed E-state index contributed by atoms with van der Waals surface area (Å²) in [5, 5.41) is 3.71. The highest BCUT2D eigenvalue weighted by Gasteiger charge is 2.59. The Morgan fingerprint density at radius 1 is 1.03 bits per heavy atom. The van der Waals surface area contributed by atoms with Gasteiger partial charge in [-0.1, -0.05) is 65.5 Å². The first kappa shape index (κ1) is 23.8. The molecule has 3 fully saturated rings. The van der Waals surface area contributed by atoms with Gasteiger partial charge in [-0.3, -0.25) is 0 Å². The number of allylic oxidation sites excluding steroid dienone is 1. The summed E-state index contributed by atoms with van der Waals surface area (Å²) >= 11 is 0. The van der Waals surface area contributed by atoms with Crippen LogP contribution in [0, 0.1) is 46.3 Å². The maximum atomic E-state index is 5.75. The normalized spacial score (nSPS) is 43.2. The average Bonchev–Trinajstić information content (AvgIpc) is 3.09. The van der Waals surface area contributed by atoms with Gasteiger partial charge in [0.05, 0.1) is 0 Å². The molecule has 3 N–H and O–H groups in total. The molecule has 2 nitrogen and oxygen atoms in total. The Morgan fingerprint density at radius 3 is 2.58 bits per heavy atom. The summed E-state index contributed by atoms with van der Waals surface area (Å²) in [7, 11) is 0. The number of hydrogen-bond acceptors (Lipinski definition) is 2. The Bertz CT molecular complexity index is 639. The minimum Gasteiger partial charge on any atom is -0.329 e. The van der Waals surface area contributed by atoms with E-state index >= 15 is 0 Å². The maximum Gasteiger partial charge on any atom is 0.0105 e. The molecule has 8 atom stereocenters. The fourth-order valence-corrected chi connectivity index (χ4v) is 9.15. The zero-order valence-corrected chi connectivity index (χ0v) is 21.4. The van der Waals surface area contributed by atoms with Crippen LogP contribution >= 0.6 is 0 Å². The number of nitrogens with one attached hydrogen (secondary N) is 1. The van der Waals surface area contributed by atoms with Crippen LogP contribution in [0.2, 0.25) is 0 Å². The average molecular weight is 429 g/mol. The van der Waals surface area contributed by atoms with E-state index in [1.807, 2.05) is 0 Å². The number of nitrogens with two attached hydrogens (primary N) is 1. The predicted octanol–water partition coefficient (Wildman–Crippen LogP) is 6.94. The van der Waals surface area contributed by atoms with Gasteiger partial charge >= 0.3 is 0 Å². The van der Waals surface area contributed by atoms with Gasteiger partial charge in [0.1, 0.15) is 0 Å². The topological polar surface area (TPSA) is 38.0 Å². The molecule has 0 amide bonds. The molecule has 0 spiro atoms. The molecular formula is C29H52N2. The van der Waals surface area contributed by atoms with Crippen LogP contribution in [0.1, 0.15) is 105 Å². The first-order chi connectivity index (χ1) is 14.8. The van der Waals surface area contributed by atoms with E-state index in [1.165, 1.54) is 70.6 Å². The van der Waals surface area contributed by atoms with Gasteiger partial charge in [-0.25, -0.2) is 0 Å². The van der Waals surface area contributed by atoms with Crippen molar-refractivity contribution >= 4 is 0 Å². The SMILES string of the molecule is CC(C)CCC[C@@H](C)[C@H]1CC[C@H]2[C@@H]3CC=C4C[C@@H](NCCN)CC[C@]4(C)[C@H]3CC[C@]12C. The van der Waals surface area contributed by atoms with Crippen molar-refractivity contribution in [3.63, 3.8) is 0 Å². The molecule has 0 aromatic heterocycles. The predicted molar refractivity (Wildman–Crippen MR) is 134 cm³/mol. The van der Waals surface area contributed by atoms with Crippen LogP contribution in [0.25, 0.3) is 0 Å². The molecule has 2 heteroatoms. The summed E-state index contributed by atoms with van der Waals surface area (Å²) in [6, 6.07) is 0.663. The van der Waals surface area contributed by atoms with Crippen molar-refractivity contribution in [3.8, 4) is 0 Å². The van der Waals surface area contributed by atoms with Crippen molar-refractivity contribution in [1.82, 2.24) is 5.32 Å². The van der Waals surface area contributed by atoms with Crippen molar-refractivity contribution in [3.05, 3.63) is 11.6 Å². The highest BCUT2D eigenvalue weighted by atomic mass is 14.9. The van der Waals surface area contributed by atoms with Gasteiger partial charge in [0.25, 0.3) is 0 Å².